The van der Waals surface area contributed by atoms with Crippen molar-refractivity contribution in [2.75, 3.05) is 75.8 Å². The number of carbonyl (C=O) groups excluding carboxylic acids is 3. The highest BCUT2D eigenvalue weighted by Crippen LogP contribution is 2.26. The topological polar surface area (TPSA) is 111 Å². The molecular weight excluding hydrogens is 464 g/mol. The first-order valence-electron chi connectivity index (χ1n) is 12.6. The maximum atomic E-state index is 12.8. The normalized spacial score (nSPS) is 19.3. The summed E-state index contributed by atoms with van der Waals surface area (Å²) in [5.41, 5.74) is 1.81. The van der Waals surface area contributed by atoms with Gasteiger partial charge in [-0.3, -0.25) is 9.59 Å². The fraction of sp³-hybridized carbons (Fsp3) is 0.520. The summed E-state index contributed by atoms with van der Waals surface area (Å²) in [7, 11) is 0. The van der Waals surface area contributed by atoms with Gasteiger partial charge in [-0.05, 0) is 37.1 Å². The van der Waals surface area contributed by atoms with Crippen LogP contribution >= 0.6 is 0 Å². The number of hydrogen-bond acceptors (Lipinski definition) is 7. The van der Waals surface area contributed by atoms with Crippen LogP contribution < -0.4 is 10.2 Å². The second-order valence-corrected chi connectivity index (χ2v) is 9.33. The molecule has 0 spiro atoms. The Bertz CT molecular complexity index is 1040. The molecule has 4 amide bonds. The maximum absolute atomic E-state index is 12.8. The molecule has 2 aromatic rings. The van der Waals surface area contributed by atoms with E-state index in [1.165, 1.54) is 12.3 Å². The van der Waals surface area contributed by atoms with Crippen LogP contribution in [0.5, 0.6) is 0 Å². The Morgan fingerprint density at radius 2 is 1.47 bits per heavy atom. The summed E-state index contributed by atoms with van der Waals surface area (Å²) in [6.07, 6.45) is 3.14. The van der Waals surface area contributed by atoms with Gasteiger partial charge in [-0.15, -0.1) is 0 Å². The number of nitrogens with zero attached hydrogens (tertiary/aromatic N) is 5. The van der Waals surface area contributed by atoms with E-state index < -0.39 is 0 Å². The SMILES string of the molecule is O=C(Nc1ccc(N2CCC(C(=O)N3CCOCC3)CC2)cc1)N1CCN(C(=O)c2ccno2)CC1. The number of nitrogens with one attached hydrogen (secondary N) is 1. The third-order valence-corrected chi connectivity index (χ3v) is 7.15. The molecule has 0 saturated carbocycles. The van der Waals surface area contributed by atoms with E-state index >= 15 is 0 Å². The molecule has 0 bridgehead atoms. The van der Waals surface area contributed by atoms with Gasteiger partial charge in [0.1, 0.15) is 0 Å². The lowest BCUT2D eigenvalue weighted by atomic mass is 9.94. The number of benzene rings is 1. The number of amides is 4. The molecule has 1 aromatic carbocycles. The molecule has 0 atom stereocenters. The summed E-state index contributed by atoms with van der Waals surface area (Å²) in [5, 5.41) is 6.52. The number of hydrogen-bond donors (Lipinski definition) is 1. The fourth-order valence-corrected chi connectivity index (χ4v) is 4.98. The minimum Gasteiger partial charge on any atom is -0.378 e. The summed E-state index contributed by atoms with van der Waals surface area (Å²) < 4.78 is 10.3. The second-order valence-electron chi connectivity index (χ2n) is 9.33. The average molecular weight is 497 g/mol. The molecular formula is C25H32N6O5. The van der Waals surface area contributed by atoms with Gasteiger partial charge in [0.25, 0.3) is 5.91 Å². The monoisotopic (exact) mass is 496 g/mol. The molecule has 4 heterocycles. The molecule has 11 heteroatoms. The van der Waals surface area contributed by atoms with Crippen molar-refractivity contribution in [3.05, 3.63) is 42.3 Å². The van der Waals surface area contributed by atoms with Crippen LogP contribution in [0.4, 0.5) is 16.2 Å². The molecule has 11 nitrogen and oxygen atoms in total. The van der Waals surface area contributed by atoms with Gasteiger partial charge >= 0.3 is 6.03 Å². The van der Waals surface area contributed by atoms with Crippen LogP contribution in [-0.2, 0) is 9.53 Å². The highest BCUT2D eigenvalue weighted by Gasteiger charge is 2.30. The lowest BCUT2D eigenvalue weighted by Gasteiger charge is -2.36. The molecule has 3 aliphatic heterocycles. The fourth-order valence-electron chi connectivity index (χ4n) is 4.98. The Morgan fingerprint density at radius 3 is 2.11 bits per heavy atom. The van der Waals surface area contributed by atoms with Crippen LogP contribution in [0.15, 0.2) is 41.1 Å². The first kappa shape index (κ1) is 24.1. The molecule has 5 rings (SSSR count). The van der Waals surface area contributed by atoms with E-state index in [4.69, 9.17) is 9.26 Å². The van der Waals surface area contributed by atoms with Crippen molar-refractivity contribution < 1.29 is 23.6 Å². The number of urea groups is 1. The van der Waals surface area contributed by atoms with Gasteiger partial charge < -0.3 is 34.2 Å². The number of carbonyl (C=O) groups is 3. The maximum Gasteiger partial charge on any atom is 0.321 e. The largest absolute Gasteiger partial charge is 0.378 e. The molecule has 0 radical (unpaired) electrons. The van der Waals surface area contributed by atoms with E-state index in [1.807, 2.05) is 29.2 Å². The smallest absolute Gasteiger partial charge is 0.321 e. The number of piperidine rings is 1. The van der Waals surface area contributed by atoms with Crippen molar-refractivity contribution in [1.82, 2.24) is 19.9 Å². The minimum absolute atomic E-state index is 0.0874. The Kier molecular flexibility index (Phi) is 7.36. The number of anilines is 2. The Balaban J connectivity index is 1.07. The summed E-state index contributed by atoms with van der Waals surface area (Å²) in [6.45, 7) is 6.11. The van der Waals surface area contributed by atoms with Crippen LogP contribution in [0.1, 0.15) is 23.4 Å². The Hall–Kier alpha value is -3.60. The highest BCUT2D eigenvalue weighted by molar-refractivity contribution is 5.92. The highest BCUT2D eigenvalue weighted by atomic mass is 16.5. The third kappa shape index (κ3) is 5.46. The van der Waals surface area contributed by atoms with Crippen molar-refractivity contribution in [2.24, 2.45) is 5.92 Å². The molecule has 0 aliphatic carbocycles. The molecule has 192 valence electrons. The summed E-state index contributed by atoms with van der Waals surface area (Å²) in [6, 6.07) is 9.18. The van der Waals surface area contributed by atoms with E-state index in [-0.39, 0.29) is 29.5 Å². The molecule has 3 aliphatic rings. The zero-order valence-corrected chi connectivity index (χ0v) is 20.3. The van der Waals surface area contributed by atoms with Crippen LogP contribution in [0.2, 0.25) is 0 Å². The van der Waals surface area contributed by atoms with Crippen LogP contribution in [0.3, 0.4) is 0 Å². The predicted octanol–water partition coefficient (Wildman–Crippen LogP) is 1.74. The third-order valence-electron chi connectivity index (χ3n) is 7.15. The number of rotatable bonds is 4. The molecule has 1 N–H and O–H groups in total. The van der Waals surface area contributed by atoms with Crippen LogP contribution in [-0.4, -0.2) is 103 Å². The van der Waals surface area contributed by atoms with Crippen LogP contribution in [0, 0.1) is 5.92 Å². The van der Waals surface area contributed by atoms with Gasteiger partial charge in [-0.25, -0.2) is 4.79 Å². The molecule has 1 aromatic heterocycles. The van der Waals surface area contributed by atoms with E-state index in [0.717, 1.165) is 37.3 Å². The number of aromatic nitrogens is 1. The van der Waals surface area contributed by atoms with Crippen molar-refractivity contribution >= 4 is 29.2 Å². The summed E-state index contributed by atoms with van der Waals surface area (Å²) in [5.74, 6) is 0.349. The molecule has 3 fully saturated rings. The second kappa shape index (κ2) is 11.0. The van der Waals surface area contributed by atoms with E-state index in [9.17, 15) is 14.4 Å². The lowest BCUT2D eigenvalue weighted by molar-refractivity contribution is -0.140. The van der Waals surface area contributed by atoms with E-state index in [2.05, 4.69) is 15.4 Å². The van der Waals surface area contributed by atoms with Gasteiger partial charge in [0.2, 0.25) is 11.7 Å². The Labute approximate surface area is 209 Å². The first-order valence-corrected chi connectivity index (χ1v) is 12.6. The number of ether oxygens (including phenoxy) is 1. The molecule has 36 heavy (non-hydrogen) atoms. The number of piperazine rings is 1. The lowest BCUT2D eigenvalue weighted by Crippen LogP contribution is -2.51. The molecule has 3 saturated heterocycles. The van der Waals surface area contributed by atoms with Gasteiger partial charge in [-0.2, -0.15) is 0 Å². The van der Waals surface area contributed by atoms with Crippen molar-refractivity contribution in [2.45, 2.75) is 12.8 Å². The minimum atomic E-state index is -0.211. The van der Waals surface area contributed by atoms with Gasteiger partial charge in [0, 0.05) is 75.7 Å². The summed E-state index contributed by atoms with van der Waals surface area (Å²) >= 11 is 0. The van der Waals surface area contributed by atoms with Crippen molar-refractivity contribution in [1.29, 1.82) is 0 Å². The quantitative estimate of drug-likeness (QED) is 0.686. The molecule has 0 unspecified atom stereocenters. The average Bonchev–Trinajstić information content (AvgIpc) is 3.49. The standard InChI is InChI=1S/C25H32N6O5/c32-23(30-15-17-35-18-16-30)19-6-9-28(10-7-19)21-3-1-20(2-4-21)27-25(34)31-13-11-29(12-14-31)24(33)22-5-8-26-36-22/h1-5,8,19H,6-7,9-18H2,(H,27,34). The van der Waals surface area contributed by atoms with Crippen molar-refractivity contribution in [3.63, 3.8) is 0 Å². The predicted molar refractivity (Wildman–Crippen MR) is 132 cm³/mol. The summed E-state index contributed by atoms with van der Waals surface area (Å²) in [4.78, 5) is 45.4. The van der Waals surface area contributed by atoms with E-state index in [1.54, 1.807) is 9.80 Å². The Morgan fingerprint density at radius 1 is 0.806 bits per heavy atom. The zero-order chi connectivity index (χ0) is 24.9. The van der Waals surface area contributed by atoms with E-state index in [0.29, 0.717) is 52.5 Å². The first-order chi connectivity index (χ1) is 17.6. The van der Waals surface area contributed by atoms with Gasteiger partial charge in [-0.1, -0.05) is 5.16 Å². The zero-order valence-electron chi connectivity index (χ0n) is 20.3. The van der Waals surface area contributed by atoms with Crippen molar-refractivity contribution in [3.8, 4) is 0 Å². The number of morpholine rings is 1. The van der Waals surface area contributed by atoms with Gasteiger partial charge in [0.15, 0.2) is 0 Å². The van der Waals surface area contributed by atoms with Gasteiger partial charge in [0.05, 0.1) is 19.4 Å². The van der Waals surface area contributed by atoms with Crippen LogP contribution in [0.25, 0.3) is 0 Å².